The highest BCUT2D eigenvalue weighted by molar-refractivity contribution is 7.13. The number of thiazole rings is 1. The lowest BCUT2D eigenvalue weighted by atomic mass is 9.79. The number of aromatic nitrogens is 3. The lowest BCUT2D eigenvalue weighted by molar-refractivity contribution is -0.144. The number of pyridine rings is 2. The van der Waals surface area contributed by atoms with E-state index in [9.17, 15) is 38.3 Å². The van der Waals surface area contributed by atoms with Gasteiger partial charge in [0.05, 0.1) is 58.1 Å². The molecule has 0 spiro atoms. The fourth-order valence-electron chi connectivity index (χ4n) is 9.36. The molecule has 8 rings (SSSR count). The molecular formula is C49H56F2N10O5S. The molecule has 4 N–H and O–H groups in total. The van der Waals surface area contributed by atoms with E-state index in [1.807, 2.05) is 64.1 Å². The van der Waals surface area contributed by atoms with E-state index in [4.69, 9.17) is 0 Å². The Morgan fingerprint density at radius 3 is 2.40 bits per heavy atom. The third-order valence-corrected chi connectivity index (χ3v) is 14.4. The van der Waals surface area contributed by atoms with Gasteiger partial charge in [0, 0.05) is 57.5 Å². The molecule has 0 bridgehead atoms. The Balaban J connectivity index is 0.851. The number of aryl methyl sites for hydroxylation is 1. The number of aliphatic hydroxyl groups excluding tert-OH is 1. The number of piperidine rings is 1. The highest BCUT2D eigenvalue weighted by Crippen LogP contribution is 2.42. The first-order chi connectivity index (χ1) is 31.9. The molecule has 67 heavy (non-hydrogen) atoms. The van der Waals surface area contributed by atoms with Crippen LogP contribution in [0.15, 0.2) is 66.8 Å². The Kier molecular flexibility index (Phi) is 13.5. The van der Waals surface area contributed by atoms with Gasteiger partial charge in [0.15, 0.2) is 0 Å². The zero-order valence-electron chi connectivity index (χ0n) is 38.1. The van der Waals surface area contributed by atoms with Gasteiger partial charge in [-0.15, -0.1) is 11.3 Å². The first-order valence-corrected chi connectivity index (χ1v) is 23.6. The molecule has 3 saturated heterocycles. The molecule has 0 unspecified atom stereocenters. The van der Waals surface area contributed by atoms with Gasteiger partial charge in [0.2, 0.25) is 23.6 Å². The Morgan fingerprint density at radius 2 is 1.75 bits per heavy atom. The van der Waals surface area contributed by atoms with Gasteiger partial charge in [-0.25, -0.2) is 23.7 Å². The van der Waals surface area contributed by atoms with Crippen molar-refractivity contribution in [2.24, 2.45) is 23.2 Å². The number of rotatable bonds is 13. The average molecular weight is 935 g/mol. The minimum atomic E-state index is -2.82. The van der Waals surface area contributed by atoms with Gasteiger partial charge in [0.25, 0.3) is 5.92 Å². The van der Waals surface area contributed by atoms with Crippen molar-refractivity contribution in [1.29, 1.82) is 5.26 Å². The highest BCUT2D eigenvalue weighted by Gasteiger charge is 2.51. The predicted octanol–water partition coefficient (Wildman–Crippen LogP) is 6.24. The topological polar surface area (TPSA) is 197 Å². The molecule has 3 aliphatic heterocycles. The van der Waals surface area contributed by atoms with Crippen molar-refractivity contribution in [3.63, 3.8) is 0 Å². The van der Waals surface area contributed by atoms with Gasteiger partial charge in [0.1, 0.15) is 23.5 Å². The number of carbonyl (C=O) groups excluding carboxylic acids is 4. The number of nitrogens with one attached hydrogen (secondary N) is 3. The van der Waals surface area contributed by atoms with Crippen molar-refractivity contribution in [3.05, 3.63) is 89.2 Å². The van der Waals surface area contributed by atoms with Crippen molar-refractivity contribution >= 4 is 58.1 Å². The number of likely N-dealkylation sites (tertiary alicyclic amines) is 2. The van der Waals surface area contributed by atoms with Crippen molar-refractivity contribution in [3.8, 4) is 16.5 Å². The number of amides is 4. The van der Waals surface area contributed by atoms with Crippen molar-refractivity contribution in [2.75, 3.05) is 49.5 Å². The first kappa shape index (κ1) is 47.2. The van der Waals surface area contributed by atoms with Crippen LogP contribution in [0.1, 0.15) is 81.2 Å². The summed E-state index contributed by atoms with van der Waals surface area (Å²) in [5.74, 6) is -4.59. The summed E-state index contributed by atoms with van der Waals surface area (Å²) in [5, 5.41) is 29.0. The summed E-state index contributed by atoms with van der Waals surface area (Å²) in [6, 6.07) is 15.6. The zero-order chi connectivity index (χ0) is 47.8. The average Bonchev–Trinajstić information content (AvgIpc) is 3.60. The molecule has 18 heteroatoms. The number of nitrogens with zero attached hydrogens (tertiary/aromatic N) is 7. The SMILES string of the molecule is C=C(NC(=O)[C@@H]1C[C@@H](O)CN1C(=O)[C@@H](CNC(=O)[C@@H]1C[C@H]1C(=O)N1CCC(c2cc(Nc3cc(C#N)ccn3)nc(N3CCC(F)(F)C3)c2)CC1)C(C)(C)C)c1ccc(-c2scnc2C)cc1. The van der Waals surface area contributed by atoms with Crippen LogP contribution in [0.2, 0.25) is 0 Å². The Bertz CT molecular complexity index is 2580. The maximum atomic E-state index is 14.3. The van der Waals surface area contributed by atoms with Crippen LogP contribution in [0.3, 0.4) is 0 Å². The molecule has 15 nitrogen and oxygen atoms in total. The van der Waals surface area contributed by atoms with Gasteiger partial charge in [-0.2, -0.15) is 5.26 Å². The second-order valence-corrected chi connectivity index (χ2v) is 20.1. The van der Waals surface area contributed by atoms with Crippen LogP contribution in [0, 0.1) is 41.4 Å². The second-order valence-electron chi connectivity index (χ2n) is 19.3. The Labute approximate surface area is 392 Å². The number of hydrogen-bond acceptors (Lipinski definition) is 12. The van der Waals surface area contributed by atoms with Crippen molar-refractivity contribution < 1.29 is 33.1 Å². The number of carbonyl (C=O) groups is 4. The molecule has 1 saturated carbocycles. The van der Waals surface area contributed by atoms with Crippen LogP contribution >= 0.6 is 11.3 Å². The molecular weight excluding hydrogens is 879 g/mol. The third kappa shape index (κ3) is 10.8. The molecule has 352 valence electrons. The van der Waals surface area contributed by atoms with Crippen LogP contribution in [0.25, 0.3) is 16.1 Å². The van der Waals surface area contributed by atoms with Crippen LogP contribution in [-0.2, 0) is 19.2 Å². The van der Waals surface area contributed by atoms with Crippen molar-refractivity contribution in [2.45, 2.75) is 83.8 Å². The number of β-amino-alcohol motifs (C(OH)–C–C–N with tert-alkyl or cyclic N) is 1. The van der Waals surface area contributed by atoms with Gasteiger partial charge in [-0.3, -0.25) is 19.2 Å². The fourth-order valence-corrected chi connectivity index (χ4v) is 10.2. The lowest BCUT2D eigenvalue weighted by Crippen LogP contribution is -2.52. The van der Waals surface area contributed by atoms with E-state index >= 15 is 0 Å². The summed E-state index contributed by atoms with van der Waals surface area (Å²) >= 11 is 1.54. The van der Waals surface area contributed by atoms with Crippen molar-refractivity contribution in [1.82, 2.24) is 35.4 Å². The van der Waals surface area contributed by atoms with Crippen LogP contribution in [-0.4, -0.2) is 111 Å². The smallest absolute Gasteiger partial charge is 0.266 e. The van der Waals surface area contributed by atoms with E-state index in [-0.39, 0.29) is 56.1 Å². The Hall–Kier alpha value is -6.32. The molecule has 5 atom stereocenters. The highest BCUT2D eigenvalue weighted by atomic mass is 32.1. The van der Waals surface area contributed by atoms with E-state index < -0.39 is 53.7 Å². The van der Waals surface area contributed by atoms with Gasteiger partial charge in [-0.05, 0) is 78.5 Å². The molecule has 4 aromatic rings. The molecule has 0 radical (unpaired) electrons. The van der Waals surface area contributed by atoms with Crippen LogP contribution in [0.4, 0.5) is 26.2 Å². The molecule has 4 fully saturated rings. The second kappa shape index (κ2) is 19.1. The van der Waals surface area contributed by atoms with Gasteiger partial charge >= 0.3 is 0 Å². The standard InChI is InChI=1S/C49H56F2N10O5S/c1-28(31-6-8-33(9-7-31)43-29(2)55-27-67-43)56-45(64)39-21-35(62)25-61(39)47(66)38(48(3,4)5)24-54-44(63)36-22-37(36)46(65)59-15-11-32(12-16-59)34-19-41(57-40-18-30(23-52)10-14-53-40)58-42(20-34)60-17-13-49(50,51)26-60/h6-10,14,18-20,27,32,35-39,62H,1,11-13,15-17,21-22,24-26H2,2-5H3,(H,54,63)(H,56,64)(H,53,57,58)/t35-,36-,37-,38-,39+/m1/s1. The third-order valence-electron chi connectivity index (χ3n) is 13.4. The summed E-state index contributed by atoms with van der Waals surface area (Å²) in [4.78, 5) is 74.3. The molecule has 4 amide bonds. The number of alkyl halides is 2. The van der Waals surface area contributed by atoms with E-state index in [1.165, 1.54) is 11.1 Å². The number of anilines is 3. The molecule has 6 heterocycles. The number of nitriles is 1. The Morgan fingerprint density at radius 1 is 1.00 bits per heavy atom. The zero-order valence-corrected chi connectivity index (χ0v) is 38.9. The first-order valence-electron chi connectivity index (χ1n) is 22.7. The molecule has 1 aromatic carbocycles. The number of hydrogen-bond donors (Lipinski definition) is 4. The fraction of sp³-hybridized carbons (Fsp3) is 0.469. The number of aliphatic hydroxyl groups is 1. The monoisotopic (exact) mass is 934 g/mol. The molecule has 3 aromatic heterocycles. The van der Waals surface area contributed by atoms with E-state index in [0.717, 1.165) is 21.7 Å². The normalized spacial score (nSPS) is 21.9. The predicted molar refractivity (Wildman–Crippen MR) is 250 cm³/mol. The summed E-state index contributed by atoms with van der Waals surface area (Å²) in [6.45, 7) is 12.2. The summed E-state index contributed by atoms with van der Waals surface area (Å²) in [7, 11) is 0. The minimum Gasteiger partial charge on any atom is -0.391 e. The van der Waals surface area contributed by atoms with Gasteiger partial charge < -0.3 is 35.8 Å². The molecule has 1 aliphatic carbocycles. The lowest BCUT2D eigenvalue weighted by Gasteiger charge is -2.35. The maximum absolute atomic E-state index is 14.3. The van der Waals surface area contributed by atoms with E-state index in [2.05, 4.69) is 43.6 Å². The molecule has 4 aliphatic rings. The maximum Gasteiger partial charge on any atom is 0.266 e. The number of benzene rings is 1. The van der Waals surface area contributed by atoms with Gasteiger partial charge in [-0.1, -0.05) is 51.6 Å². The summed E-state index contributed by atoms with van der Waals surface area (Å²) in [5.41, 5.74) is 5.45. The van der Waals surface area contributed by atoms with E-state index in [0.29, 0.717) is 66.6 Å². The van der Waals surface area contributed by atoms with Crippen LogP contribution in [0.5, 0.6) is 0 Å². The number of halogens is 2. The quantitative estimate of drug-likeness (QED) is 0.119. The largest absolute Gasteiger partial charge is 0.391 e. The minimum absolute atomic E-state index is 0.0101. The van der Waals surface area contributed by atoms with E-state index in [1.54, 1.807) is 38.8 Å². The summed E-state index contributed by atoms with van der Waals surface area (Å²) < 4.78 is 28.6. The summed E-state index contributed by atoms with van der Waals surface area (Å²) in [6.07, 6.45) is 2.01. The van der Waals surface area contributed by atoms with Crippen LogP contribution < -0.4 is 20.9 Å².